The first-order valence-electron chi connectivity index (χ1n) is 9.33. The second-order valence-electron chi connectivity index (χ2n) is 6.69. The van der Waals surface area contributed by atoms with E-state index in [9.17, 15) is 9.59 Å². The highest BCUT2D eigenvalue weighted by Gasteiger charge is 2.23. The van der Waals surface area contributed by atoms with Crippen LogP contribution in [0.2, 0.25) is 0 Å². The molecule has 2 aromatic carbocycles. The van der Waals surface area contributed by atoms with Gasteiger partial charge in [0.2, 0.25) is 0 Å². The fourth-order valence-electron chi connectivity index (χ4n) is 3.32. The molecule has 3 aromatic rings. The van der Waals surface area contributed by atoms with E-state index in [1.165, 1.54) is 22.4 Å². The number of benzene rings is 2. The lowest BCUT2D eigenvalue weighted by atomic mass is 10.00. The number of fused-ring (bicyclic) bond motifs is 1. The summed E-state index contributed by atoms with van der Waals surface area (Å²) in [5, 5.41) is 4.27. The minimum absolute atomic E-state index is 0.160. The normalized spacial score (nSPS) is 13.1. The van der Waals surface area contributed by atoms with Crippen molar-refractivity contribution in [1.29, 1.82) is 0 Å². The van der Waals surface area contributed by atoms with Gasteiger partial charge in [-0.3, -0.25) is 9.59 Å². The highest BCUT2D eigenvalue weighted by molar-refractivity contribution is 5.92. The van der Waals surface area contributed by atoms with Crippen molar-refractivity contribution < 1.29 is 9.53 Å². The molecule has 0 fully saturated rings. The number of carbonyl (C=O) groups excluding carboxylic acids is 1. The van der Waals surface area contributed by atoms with Crippen molar-refractivity contribution in [3.8, 4) is 5.75 Å². The summed E-state index contributed by atoms with van der Waals surface area (Å²) in [7, 11) is 0. The molecule has 1 aromatic heterocycles. The van der Waals surface area contributed by atoms with Gasteiger partial charge in [-0.15, -0.1) is 0 Å². The molecular formula is C22H21N3O3. The van der Waals surface area contributed by atoms with Crippen molar-refractivity contribution in [3.05, 3.63) is 93.9 Å². The molecule has 0 unspecified atom stereocenters. The number of hydrogen-bond acceptors (Lipinski definition) is 4. The zero-order valence-corrected chi connectivity index (χ0v) is 15.5. The number of carbonyl (C=O) groups is 1. The molecule has 0 saturated carbocycles. The Labute approximate surface area is 163 Å². The van der Waals surface area contributed by atoms with Gasteiger partial charge in [0, 0.05) is 19.2 Å². The second-order valence-corrected chi connectivity index (χ2v) is 6.69. The quantitative estimate of drug-likeness (QED) is 0.687. The highest BCUT2D eigenvalue weighted by atomic mass is 16.5. The lowest BCUT2D eigenvalue weighted by Gasteiger charge is -2.28. The van der Waals surface area contributed by atoms with Crippen LogP contribution in [0.25, 0.3) is 0 Å². The average Bonchev–Trinajstić information content (AvgIpc) is 2.75. The van der Waals surface area contributed by atoms with Crippen molar-refractivity contribution in [2.75, 3.05) is 13.2 Å². The number of aromatic nitrogens is 2. The van der Waals surface area contributed by atoms with E-state index in [0.717, 1.165) is 17.7 Å². The Bertz CT molecular complexity index is 1030. The van der Waals surface area contributed by atoms with Crippen LogP contribution in [-0.2, 0) is 19.5 Å². The number of amides is 1. The Balaban J connectivity index is 1.44. The van der Waals surface area contributed by atoms with Crippen LogP contribution in [0.15, 0.2) is 71.5 Å². The summed E-state index contributed by atoms with van der Waals surface area (Å²) in [6.07, 6.45) is 0.826. The molecule has 1 aliphatic rings. The molecule has 0 saturated heterocycles. The van der Waals surface area contributed by atoms with Crippen molar-refractivity contribution in [2.45, 2.75) is 19.5 Å². The van der Waals surface area contributed by atoms with Crippen LogP contribution in [0.4, 0.5) is 0 Å². The summed E-state index contributed by atoms with van der Waals surface area (Å²) in [6, 6.07) is 20.4. The van der Waals surface area contributed by atoms with Crippen molar-refractivity contribution in [2.24, 2.45) is 0 Å². The van der Waals surface area contributed by atoms with Gasteiger partial charge < -0.3 is 9.64 Å². The molecule has 4 rings (SSSR count). The topological polar surface area (TPSA) is 64.4 Å². The lowest BCUT2D eigenvalue weighted by Crippen LogP contribution is -2.37. The molecule has 1 aliphatic heterocycles. The first kappa shape index (κ1) is 18.0. The fourth-order valence-corrected chi connectivity index (χ4v) is 3.32. The number of rotatable bonds is 5. The minimum atomic E-state index is -0.253. The Hall–Kier alpha value is -3.41. The molecular weight excluding hydrogens is 354 g/mol. The van der Waals surface area contributed by atoms with E-state index in [1.54, 1.807) is 4.90 Å². The van der Waals surface area contributed by atoms with Crippen molar-refractivity contribution >= 4 is 5.91 Å². The maximum absolute atomic E-state index is 12.9. The third-order valence-corrected chi connectivity index (χ3v) is 4.82. The van der Waals surface area contributed by atoms with Crippen LogP contribution in [0.3, 0.4) is 0 Å². The summed E-state index contributed by atoms with van der Waals surface area (Å²) in [6.45, 7) is 1.78. The molecule has 0 aliphatic carbocycles. The molecule has 28 heavy (non-hydrogen) atoms. The van der Waals surface area contributed by atoms with Crippen LogP contribution >= 0.6 is 0 Å². The zero-order chi connectivity index (χ0) is 19.3. The van der Waals surface area contributed by atoms with Gasteiger partial charge in [-0.2, -0.15) is 5.10 Å². The van der Waals surface area contributed by atoms with E-state index in [4.69, 9.17) is 4.74 Å². The smallest absolute Gasteiger partial charge is 0.274 e. The predicted molar refractivity (Wildman–Crippen MR) is 105 cm³/mol. The first-order chi connectivity index (χ1) is 13.7. The van der Waals surface area contributed by atoms with Crippen LogP contribution in [0.1, 0.15) is 21.6 Å². The van der Waals surface area contributed by atoms with Gasteiger partial charge in [0.05, 0.1) is 6.54 Å². The van der Waals surface area contributed by atoms with E-state index < -0.39 is 0 Å². The maximum atomic E-state index is 12.9. The second kappa shape index (κ2) is 8.08. The maximum Gasteiger partial charge on any atom is 0.274 e. The van der Waals surface area contributed by atoms with E-state index >= 15 is 0 Å². The van der Waals surface area contributed by atoms with Crippen LogP contribution < -0.4 is 10.3 Å². The van der Waals surface area contributed by atoms with E-state index in [2.05, 4.69) is 11.2 Å². The van der Waals surface area contributed by atoms with Crippen LogP contribution in [0.5, 0.6) is 5.75 Å². The fraction of sp³-hybridized carbons (Fsp3) is 0.227. The Kier molecular flexibility index (Phi) is 5.19. The van der Waals surface area contributed by atoms with E-state index in [0.29, 0.717) is 19.7 Å². The third kappa shape index (κ3) is 3.96. The number of para-hydroxylation sites is 1. The van der Waals surface area contributed by atoms with Crippen molar-refractivity contribution in [1.82, 2.24) is 14.7 Å². The number of ether oxygens (including phenoxy) is 1. The molecule has 0 radical (unpaired) electrons. The standard InChI is InChI=1S/C22H21N3O3/c26-21-11-10-20(23-25(21)14-15-28-19-8-2-1-3-9-19)22(27)24-13-12-17-6-4-5-7-18(17)16-24/h1-11H,12-16H2. The van der Waals surface area contributed by atoms with Crippen LogP contribution in [0, 0.1) is 0 Å². The first-order valence-corrected chi connectivity index (χ1v) is 9.33. The predicted octanol–water partition coefficient (Wildman–Crippen LogP) is 2.52. The lowest BCUT2D eigenvalue weighted by molar-refractivity contribution is 0.0725. The molecule has 142 valence electrons. The van der Waals surface area contributed by atoms with Gasteiger partial charge in [-0.05, 0) is 35.7 Å². The molecule has 0 N–H and O–H groups in total. The molecule has 1 amide bonds. The summed E-state index contributed by atoms with van der Waals surface area (Å²) < 4.78 is 6.91. The Morgan fingerprint density at radius 1 is 0.964 bits per heavy atom. The molecule has 6 nitrogen and oxygen atoms in total. The summed E-state index contributed by atoms with van der Waals surface area (Å²) in [5.74, 6) is 0.571. The van der Waals surface area contributed by atoms with Gasteiger partial charge in [0.1, 0.15) is 18.1 Å². The van der Waals surface area contributed by atoms with Gasteiger partial charge in [-0.1, -0.05) is 42.5 Å². The van der Waals surface area contributed by atoms with Crippen LogP contribution in [-0.4, -0.2) is 33.7 Å². The summed E-state index contributed by atoms with van der Waals surface area (Å²) >= 11 is 0. The van der Waals surface area contributed by atoms with Gasteiger partial charge in [0.15, 0.2) is 0 Å². The monoisotopic (exact) mass is 375 g/mol. The summed E-state index contributed by atoms with van der Waals surface area (Å²) in [5.41, 5.74) is 2.46. The van der Waals surface area contributed by atoms with Crippen molar-refractivity contribution in [3.63, 3.8) is 0 Å². The molecule has 0 atom stereocenters. The largest absolute Gasteiger partial charge is 0.492 e. The third-order valence-electron chi connectivity index (χ3n) is 4.82. The minimum Gasteiger partial charge on any atom is -0.492 e. The highest BCUT2D eigenvalue weighted by Crippen LogP contribution is 2.19. The average molecular weight is 375 g/mol. The van der Waals surface area contributed by atoms with Gasteiger partial charge in [-0.25, -0.2) is 4.68 Å². The zero-order valence-electron chi connectivity index (χ0n) is 15.5. The van der Waals surface area contributed by atoms with E-state index in [1.807, 2.05) is 48.5 Å². The van der Waals surface area contributed by atoms with Gasteiger partial charge >= 0.3 is 0 Å². The number of nitrogens with zero attached hydrogens (tertiary/aromatic N) is 3. The SMILES string of the molecule is O=C(c1ccc(=O)n(CCOc2ccccc2)n1)N1CCc2ccccc2C1. The molecule has 2 heterocycles. The Morgan fingerprint density at radius 3 is 2.54 bits per heavy atom. The van der Waals surface area contributed by atoms with Gasteiger partial charge in [0.25, 0.3) is 11.5 Å². The van der Waals surface area contributed by atoms with E-state index in [-0.39, 0.29) is 23.7 Å². The molecule has 0 bridgehead atoms. The molecule has 0 spiro atoms. The summed E-state index contributed by atoms with van der Waals surface area (Å²) in [4.78, 5) is 26.8. The molecule has 6 heteroatoms. The Morgan fingerprint density at radius 2 is 1.71 bits per heavy atom. The number of hydrogen-bond donors (Lipinski definition) is 0.